The average molecular weight is 261 g/mol. The number of aromatic amines is 1. The van der Waals surface area contributed by atoms with Gasteiger partial charge in [-0.2, -0.15) is 5.10 Å². The van der Waals surface area contributed by atoms with Crippen LogP contribution in [0.3, 0.4) is 0 Å². The Morgan fingerprint density at radius 3 is 3.16 bits per heavy atom. The Kier molecular flexibility index (Phi) is 3.26. The summed E-state index contributed by atoms with van der Waals surface area (Å²) in [5.74, 6) is 1.94. The Morgan fingerprint density at radius 1 is 1.53 bits per heavy atom. The van der Waals surface area contributed by atoms with Crippen LogP contribution in [0.2, 0.25) is 0 Å². The standard InChI is InChI=1S/C12H15N5O2/c18-12(9-6-10(19-17-9)8-3-4-8)13-5-1-2-11-14-7-15-16-11/h6-8H,1-5H2,(H,13,18)(H,14,15,16). The number of hydrogen-bond acceptors (Lipinski definition) is 5. The molecule has 0 spiro atoms. The third kappa shape index (κ3) is 2.98. The Bertz CT molecular complexity index is 544. The van der Waals surface area contributed by atoms with Crippen LogP contribution in [0.25, 0.3) is 0 Å². The van der Waals surface area contributed by atoms with Crippen molar-refractivity contribution in [1.82, 2.24) is 25.7 Å². The highest BCUT2D eigenvalue weighted by atomic mass is 16.5. The minimum absolute atomic E-state index is 0.187. The number of aryl methyl sites for hydroxylation is 1. The van der Waals surface area contributed by atoms with Gasteiger partial charge in [0, 0.05) is 24.9 Å². The summed E-state index contributed by atoms with van der Waals surface area (Å²) in [7, 11) is 0. The van der Waals surface area contributed by atoms with Crippen molar-refractivity contribution >= 4 is 5.91 Å². The van der Waals surface area contributed by atoms with E-state index in [2.05, 4.69) is 25.7 Å². The molecule has 19 heavy (non-hydrogen) atoms. The van der Waals surface area contributed by atoms with Crippen LogP contribution in [-0.4, -0.2) is 32.8 Å². The van der Waals surface area contributed by atoms with Crippen LogP contribution in [0.4, 0.5) is 0 Å². The van der Waals surface area contributed by atoms with Gasteiger partial charge in [-0.15, -0.1) is 0 Å². The van der Waals surface area contributed by atoms with Gasteiger partial charge < -0.3 is 9.84 Å². The van der Waals surface area contributed by atoms with Crippen molar-refractivity contribution in [3.05, 3.63) is 29.7 Å². The van der Waals surface area contributed by atoms with Crippen LogP contribution in [0.15, 0.2) is 16.9 Å². The molecule has 0 aliphatic heterocycles. The van der Waals surface area contributed by atoms with Crippen LogP contribution in [-0.2, 0) is 6.42 Å². The molecule has 2 N–H and O–H groups in total. The molecule has 0 bridgehead atoms. The third-order valence-electron chi connectivity index (χ3n) is 3.08. The summed E-state index contributed by atoms with van der Waals surface area (Å²) in [4.78, 5) is 15.8. The van der Waals surface area contributed by atoms with E-state index in [1.54, 1.807) is 6.07 Å². The molecule has 2 aromatic rings. The highest BCUT2D eigenvalue weighted by molar-refractivity contribution is 5.92. The second-order valence-electron chi connectivity index (χ2n) is 4.68. The maximum absolute atomic E-state index is 11.8. The van der Waals surface area contributed by atoms with E-state index < -0.39 is 0 Å². The number of carbonyl (C=O) groups excluding carboxylic acids is 1. The number of nitrogens with one attached hydrogen (secondary N) is 2. The molecule has 2 aromatic heterocycles. The number of H-pyrrole nitrogens is 1. The molecule has 1 aliphatic carbocycles. The van der Waals surface area contributed by atoms with E-state index in [9.17, 15) is 4.79 Å². The molecule has 0 saturated heterocycles. The zero-order valence-electron chi connectivity index (χ0n) is 10.4. The normalized spacial score (nSPS) is 14.5. The third-order valence-corrected chi connectivity index (χ3v) is 3.08. The quantitative estimate of drug-likeness (QED) is 0.757. The first kappa shape index (κ1) is 11.9. The van der Waals surface area contributed by atoms with Gasteiger partial charge in [0.05, 0.1) is 0 Å². The van der Waals surface area contributed by atoms with Crippen molar-refractivity contribution < 1.29 is 9.32 Å². The molecule has 0 radical (unpaired) electrons. The van der Waals surface area contributed by atoms with Gasteiger partial charge in [0.25, 0.3) is 5.91 Å². The fraction of sp³-hybridized carbons (Fsp3) is 0.500. The molecule has 7 heteroatoms. The van der Waals surface area contributed by atoms with Gasteiger partial charge in [0.15, 0.2) is 5.69 Å². The summed E-state index contributed by atoms with van der Waals surface area (Å²) < 4.78 is 5.14. The van der Waals surface area contributed by atoms with E-state index in [0.29, 0.717) is 18.2 Å². The van der Waals surface area contributed by atoms with E-state index >= 15 is 0 Å². The van der Waals surface area contributed by atoms with Crippen molar-refractivity contribution in [2.24, 2.45) is 0 Å². The molecule has 1 saturated carbocycles. The van der Waals surface area contributed by atoms with E-state index in [0.717, 1.165) is 37.3 Å². The molecule has 0 atom stereocenters. The van der Waals surface area contributed by atoms with Gasteiger partial charge in [-0.1, -0.05) is 5.16 Å². The molecular weight excluding hydrogens is 246 g/mol. The monoisotopic (exact) mass is 261 g/mol. The fourth-order valence-electron chi connectivity index (χ4n) is 1.86. The lowest BCUT2D eigenvalue weighted by Crippen LogP contribution is -2.25. The maximum atomic E-state index is 11.8. The minimum Gasteiger partial charge on any atom is -0.360 e. The van der Waals surface area contributed by atoms with Gasteiger partial charge >= 0.3 is 0 Å². The molecule has 3 rings (SSSR count). The van der Waals surface area contributed by atoms with E-state index in [1.807, 2.05) is 0 Å². The largest absolute Gasteiger partial charge is 0.360 e. The Labute approximate surface area is 109 Å². The number of hydrogen-bond donors (Lipinski definition) is 2. The number of amides is 1. The number of carbonyl (C=O) groups is 1. The van der Waals surface area contributed by atoms with Crippen molar-refractivity contribution in [1.29, 1.82) is 0 Å². The van der Waals surface area contributed by atoms with Crippen LogP contribution in [0.1, 0.15) is 47.3 Å². The lowest BCUT2D eigenvalue weighted by atomic mass is 10.2. The van der Waals surface area contributed by atoms with Crippen LogP contribution < -0.4 is 5.32 Å². The van der Waals surface area contributed by atoms with Gasteiger partial charge in [0.1, 0.15) is 17.9 Å². The van der Waals surface area contributed by atoms with Crippen LogP contribution >= 0.6 is 0 Å². The van der Waals surface area contributed by atoms with Crippen molar-refractivity contribution in [3.63, 3.8) is 0 Å². The lowest BCUT2D eigenvalue weighted by molar-refractivity contribution is 0.0944. The summed E-state index contributed by atoms with van der Waals surface area (Å²) in [6.45, 7) is 0.575. The average Bonchev–Trinajstić information content (AvgIpc) is 2.95. The maximum Gasteiger partial charge on any atom is 0.273 e. The van der Waals surface area contributed by atoms with Gasteiger partial charge in [-0.3, -0.25) is 9.89 Å². The zero-order valence-corrected chi connectivity index (χ0v) is 10.4. The van der Waals surface area contributed by atoms with Gasteiger partial charge in [-0.25, -0.2) is 4.98 Å². The number of aromatic nitrogens is 4. The molecule has 100 valence electrons. The molecular formula is C12H15N5O2. The fourth-order valence-corrected chi connectivity index (χ4v) is 1.86. The van der Waals surface area contributed by atoms with Crippen molar-refractivity contribution in [2.45, 2.75) is 31.6 Å². The summed E-state index contributed by atoms with van der Waals surface area (Å²) in [6.07, 6.45) is 5.30. The first-order valence-electron chi connectivity index (χ1n) is 6.42. The van der Waals surface area contributed by atoms with Gasteiger partial charge in [0.2, 0.25) is 0 Å². The number of rotatable bonds is 6. The topological polar surface area (TPSA) is 96.7 Å². The lowest BCUT2D eigenvalue weighted by Gasteiger charge is -2.00. The summed E-state index contributed by atoms with van der Waals surface area (Å²) >= 11 is 0. The molecule has 0 unspecified atom stereocenters. The Balaban J connectivity index is 1.42. The highest BCUT2D eigenvalue weighted by Crippen LogP contribution is 2.40. The minimum atomic E-state index is -0.187. The SMILES string of the molecule is O=C(NCCCc1ncn[nH]1)c1cc(C2CC2)on1. The predicted molar refractivity (Wildman–Crippen MR) is 65.5 cm³/mol. The summed E-state index contributed by atoms with van der Waals surface area (Å²) in [5.41, 5.74) is 0.363. The smallest absolute Gasteiger partial charge is 0.273 e. The molecule has 7 nitrogen and oxygen atoms in total. The van der Waals surface area contributed by atoms with E-state index in [1.165, 1.54) is 6.33 Å². The Hall–Kier alpha value is -2.18. The Morgan fingerprint density at radius 2 is 2.42 bits per heavy atom. The molecule has 0 aromatic carbocycles. The van der Waals surface area contributed by atoms with Gasteiger partial charge in [-0.05, 0) is 19.3 Å². The van der Waals surface area contributed by atoms with E-state index in [4.69, 9.17) is 4.52 Å². The first-order valence-corrected chi connectivity index (χ1v) is 6.42. The molecule has 2 heterocycles. The highest BCUT2D eigenvalue weighted by Gasteiger charge is 2.28. The second-order valence-corrected chi connectivity index (χ2v) is 4.68. The number of nitrogens with zero attached hydrogens (tertiary/aromatic N) is 3. The second kappa shape index (κ2) is 5.21. The van der Waals surface area contributed by atoms with Crippen molar-refractivity contribution in [2.75, 3.05) is 6.54 Å². The van der Waals surface area contributed by atoms with Crippen LogP contribution in [0, 0.1) is 0 Å². The van der Waals surface area contributed by atoms with Crippen molar-refractivity contribution in [3.8, 4) is 0 Å². The summed E-state index contributed by atoms with van der Waals surface area (Å²) in [5, 5.41) is 13.1. The van der Waals surface area contributed by atoms with Crippen LogP contribution in [0.5, 0.6) is 0 Å². The predicted octanol–water partition coefficient (Wildman–Crippen LogP) is 1.03. The molecule has 1 amide bonds. The molecule has 1 aliphatic rings. The molecule has 1 fully saturated rings. The van der Waals surface area contributed by atoms with E-state index in [-0.39, 0.29) is 5.91 Å². The summed E-state index contributed by atoms with van der Waals surface area (Å²) in [6, 6.07) is 1.74. The zero-order chi connectivity index (χ0) is 13.1. The first-order chi connectivity index (χ1) is 9.33.